The van der Waals surface area contributed by atoms with Crippen LogP contribution in [0.25, 0.3) is 0 Å². The highest BCUT2D eigenvalue weighted by molar-refractivity contribution is 6.07. The van der Waals surface area contributed by atoms with Gasteiger partial charge in [-0.3, -0.25) is 4.79 Å². The molecular formula is C12H16N2O. The molecule has 0 bridgehead atoms. The summed E-state index contributed by atoms with van der Waals surface area (Å²) < 4.78 is 0. The summed E-state index contributed by atoms with van der Waals surface area (Å²) in [7, 11) is 0. The molecule has 1 atom stereocenters. The van der Waals surface area contributed by atoms with Crippen LogP contribution in [0.4, 0.5) is 11.4 Å². The van der Waals surface area contributed by atoms with E-state index in [0.29, 0.717) is 0 Å². The second-order valence-corrected chi connectivity index (χ2v) is 4.40. The number of rotatable bonds is 1. The second kappa shape index (κ2) is 2.99. The summed E-state index contributed by atoms with van der Waals surface area (Å²) in [6, 6.07) is 3.80. The van der Waals surface area contributed by atoms with Crippen LogP contribution in [0, 0.1) is 6.92 Å². The van der Waals surface area contributed by atoms with Crippen LogP contribution < -0.4 is 11.1 Å². The van der Waals surface area contributed by atoms with Crippen molar-refractivity contribution in [2.75, 3.05) is 11.1 Å². The Morgan fingerprint density at radius 3 is 2.73 bits per heavy atom. The van der Waals surface area contributed by atoms with Gasteiger partial charge in [0.1, 0.15) is 0 Å². The molecule has 80 valence electrons. The summed E-state index contributed by atoms with van der Waals surface area (Å²) in [5.41, 5.74) is 9.13. The molecule has 0 saturated heterocycles. The standard InChI is InChI=1S/C12H16N2O/c1-4-12(3)9-6-8(13)5-7(2)10(9)14-11(12)15/h5-6H,4,13H2,1-3H3,(H,14,15). The summed E-state index contributed by atoms with van der Waals surface area (Å²) in [6.07, 6.45) is 0.786. The van der Waals surface area contributed by atoms with Crippen LogP contribution in [0.2, 0.25) is 0 Å². The third-order valence-corrected chi connectivity index (χ3v) is 3.40. The van der Waals surface area contributed by atoms with Crippen molar-refractivity contribution in [3.8, 4) is 0 Å². The van der Waals surface area contributed by atoms with E-state index in [1.165, 1.54) is 0 Å². The zero-order chi connectivity index (χ0) is 11.2. The van der Waals surface area contributed by atoms with E-state index in [1.54, 1.807) is 0 Å². The van der Waals surface area contributed by atoms with E-state index in [2.05, 4.69) is 5.32 Å². The van der Waals surface area contributed by atoms with Crippen LogP contribution in [0.5, 0.6) is 0 Å². The molecule has 1 aromatic rings. The lowest BCUT2D eigenvalue weighted by atomic mass is 9.81. The van der Waals surface area contributed by atoms with Crippen molar-refractivity contribution in [1.82, 2.24) is 0 Å². The lowest BCUT2D eigenvalue weighted by Gasteiger charge is -2.20. The third kappa shape index (κ3) is 1.23. The minimum atomic E-state index is -0.421. The molecular weight excluding hydrogens is 188 g/mol. The molecule has 0 saturated carbocycles. The minimum Gasteiger partial charge on any atom is -0.399 e. The van der Waals surface area contributed by atoms with Crippen LogP contribution >= 0.6 is 0 Å². The monoisotopic (exact) mass is 204 g/mol. The first-order valence-electron chi connectivity index (χ1n) is 5.21. The number of carbonyl (C=O) groups is 1. The molecule has 1 unspecified atom stereocenters. The fourth-order valence-electron chi connectivity index (χ4n) is 2.14. The molecule has 0 fully saturated rings. The number of nitrogens with one attached hydrogen (secondary N) is 1. The van der Waals surface area contributed by atoms with E-state index in [9.17, 15) is 4.79 Å². The number of nitrogen functional groups attached to an aromatic ring is 1. The SMILES string of the molecule is CCC1(C)C(=O)Nc2c(C)cc(N)cc21. The largest absolute Gasteiger partial charge is 0.399 e. The van der Waals surface area contributed by atoms with Crippen molar-refractivity contribution >= 4 is 17.3 Å². The van der Waals surface area contributed by atoms with E-state index in [4.69, 9.17) is 5.73 Å². The van der Waals surface area contributed by atoms with E-state index in [0.717, 1.165) is 28.9 Å². The zero-order valence-corrected chi connectivity index (χ0v) is 9.35. The molecule has 0 aliphatic carbocycles. The Morgan fingerprint density at radius 1 is 1.47 bits per heavy atom. The van der Waals surface area contributed by atoms with Gasteiger partial charge < -0.3 is 11.1 Å². The first kappa shape index (κ1) is 10.0. The fourth-order valence-corrected chi connectivity index (χ4v) is 2.14. The van der Waals surface area contributed by atoms with Crippen molar-refractivity contribution in [3.05, 3.63) is 23.3 Å². The summed E-state index contributed by atoms with van der Waals surface area (Å²) in [5.74, 6) is 0.0775. The number of fused-ring (bicyclic) bond motifs is 1. The third-order valence-electron chi connectivity index (χ3n) is 3.40. The van der Waals surface area contributed by atoms with Crippen LogP contribution in [0.1, 0.15) is 31.4 Å². The normalized spacial score (nSPS) is 23.8. The predicted octanol–water partition coefficient (Wildman–Crippen LogP) is 2.20. The second-order valence-electron chi connectivity index (χ2n) is 4.40. The molecule has 15 heavy (non-hydrogen) atoms. The maximum atomic E-state index is 11.9. The maximum Gasteiger partial charge on any atom is 0.234 e. The van der Waals surface area contributed by atoms with Gasteiger partial charge in [0.2, 0.25) is 5.91 Å². The molecule has 0 radical (unpaired) electrons. The topological polar surface area (TPSA) is 55.1 Å². The lowest BCUT2D eigenvalue weighted by molar-refractivity contribution is -0.120. The molecule has 1 aliphatic heterocycles. The van der Waals surface area contributed by atoms with Gasteiger partial charge in [0, 0.05) is 11.4 Å². The summed E-state index contributed by atoms with van der Waals surface area (Å²) in [4.78, 5) is 11.9. The highest BCUT2D eigenvalue weighted by atomic mass is 16.2. The summed E-state index contributed by atoms with van der Waals surface area (Å²) in [6.45, 7) is 5.96. The van der Waals surface area contributed by atoms with Gasteiger partial charge in [0.15, 0.2) is 0 Å². The number of anilines is 2. The van der Waals surface area contributed by atoms with Crippen LogP contribution in [-0.2, 0) is 10.2 Å². The molecule has 1 amide bonds. The Balaban J connectivity index is 2.68. The van der Waals surface area contributed by atoms with Crippen LogP contribution in [-0.4, -0.2) is 5.91 Å². The van der Waals surface area contributed by atoms with Gasteiger partial charge in [-0.25, -0.2) is 0 Å². The molecule has 0 aromatic heterocycles. The van der Waals surface area contributed by atoms with Crippen molar-refractivity contribution in [2.24, 2.45) is 0 Å². The molecule has 1 aromatic carbocycles. The summed E-state index contributed by atoms with van der Waals surface area (Å²) in [5, 5.41) is 2.94. The molecule has 2 rings (SSSR count). The molecule has 3 heteroatoms. The number of nitrogens with two attached hydrogens (primary N) is 1. The van der Waals surface area contributed by atoms with Gasteiger partial charge >= 0.3 is 0 Å². The van der Waals surface area contributed by atoms with Gasteiger partial charge in [-0.2, -0.15) is 0 Å². The van der Waals surface area contributed by atoms with Crippen molar-refractivity contribution < 1.29 is 4.79 Å². The Bertz CT molecular complexity index is 439. The Hall–Kier alpha value is -1.51. The minimum absolute atomic E-state index is 0.0775. The maximum absolute atomic E-state index is 11.9. The molecule has 0 spiro atoms. The van der Waals surface area contributed by atoms with E-state index in [-0.39, 0.29) is 5.91 Å². The number of hydrogen-bond acceptors (Lipinski definition) is 2. The highest BCUT2D eigenvalue weighted by Gasteiger charge is 2.41. The molecule has 3 nitrogen and oxygen atoms in total. The average molecular weight is 204 g/mol. The Kier molecular flexibility index (Phi) is 2.00. The highest BCUT2D eigenvalue weighted by Crippen LogP contribution is 2.42. The van der Waals surface area contributed by atoms with Crippen LogP contribution in [0.3, 0.4) is 0 Å². The predicted molar refractivity (Wildman–Crippen MR) is 61.9 cm³/mol. The molecule has 1 aliphatic rings. The number of hydrogen-bond donors (Lipinski definition) is 2. The average Bonchev–Trinajstić information content (AvgIpc) is 2.43. The first-order chi connectivity index (χ1) is 6.99. The van der Waals surface area contributed by atoms with Crippen LogP contribution in [0.15, 0.2) is 12.1 Å². The van der Waals surface area contributed by atoms with Crippen molar-refractivity contribution in [1.29, 1.82) is 0 Å². The van der Waals surface area contributed by atoms with Gasteiger partial charge in [0.25, 0.3) is 0 Å². The van der Waals surface area contributed by atoms with Crippen molar-refractivity contribution in [3.63, 3.8) is 0 Å². The zero-order valence-electron chi connectivity index (χ0n) is 9.35. The van der Waals surface area contributed by atoms with E-state index in [1.807, 2.05) is 32.9 Å². The van der Waals surface area contributed by atoms with E-state index < -0.39 is 5.41 Å². The number of benzene rings is 1. The number of aryl methyl sites for hydroxylation is 1. The van der Waals surface area contributed by atoms with E-state index >= 15 is 0 Å². The van der Waals surface area contributed by atoms with Gasteiger partial charge in [-0.1, -0.05) is 6.92 Å². The summed E-state index contributed by atoms with van der Waals surface area (Å²) >= 11 is 0. The molecule has 1 heterocycles. The quantitative estimate of drug-likeness (QED) is 0.689. The number of carbonyl (C=O) groups excluding carboxylic acids is 1. The van der Waals surface area contributed by atoms with Crippen molar-refractivity contribution in [2.45, 2.75) is 32.6 Å². The van der Waals surface area contributed by atoms with Gasteiger partial charge in [0.05, 0.1) is 5.41 Å². The Morgan fingerprint density at radius 2 is 2.13 bits per heavy atom. The molecule has 3 N–H and O–H groups in total. The number of amides is 1. The lowest BCUT2D eigenvalue weighted by Crippen LogP contribution is -2.29. The smallest absolute Gasteiger partial charge is 0.234 e. The first-order valence-corrected chi connectivity index (χ1v) is 5.21. The van der Waals surface area contributed by atoms with Gasteiger partial charge in [-0.15, -0.1) is 0 Å². The fraction of sp³-hybridized carbons (Fsp3) is 0.417. The van der Waals surface area contributed by atoms with Gasteiger partial charge in [-0.05, 0) is 43.5 Å². The Labute approximate surface area is 89.7 Å².